The Labute approximate surface area is 146 Å². The molecular weight excluding hydrogens is 326 g/mol. The largest absolute Gasteiger partial charge is 0.350 e. The molecule has 0 heterocycles. The molecule has 0 aliphatic carbocycles. The summed E-state index contributed by atoms with van der Waals surface area (Å²) in [6, 6.07) is 13.3. The molecule has 0 aliphatic rings. The highest BCUT2D eigenvalue weighted by Gasteiger charge is 2.14. The van der Waals surface area contributed by atoms with Crippen molar-refractivity contribution in [1.29, 1.82) is 0 Å². The monoisotopic (exact) mass is 345 g/mol. The van der Waals surface area contributed by atoms with E-state index in [0.717, 1.165) is 6.42 Å². The van der Waals surface area contributed by atoms with Gasteiger partial charge in [0.1, 0.15) is 0 Å². The molecule has 0 radical (unpaired) electrons. The molecule has 0 aromatic heterocycles. The molecule has 0 saturated carbocycles. The van der Waals surface area contributed by atoms with E-state index in [9.17, 15) is 9.59 Å². The Morgan fingerprint density at radius 2 is 1.71 bits per heavy atom. The lowest BCUT2D eigenvalue weighted by atomic mass is 10.1. The highest BCUT2D eigenvalue weighted by molar-refractivity contribution is 6.30. The Morgan fingerprint density at radius 3 is 2.38 bits per heavy atom. The molecule has 0 saturated heterocycles. The second-order valence-electron chi connectivity index (χ2n) is 5.41. The van der Waals surface area contributed by atoms with Crippen LogP contribution in [0.4, 0.5) is 16.2 Å². The van der Waals surface area contributed by atoms with E-state index in [1.54, 1.807) is 48.5 Å². The molecule has 126 valence electrons. The molecule has 2 aromatic carbocycles. The number of halogens is 1. The van der Waals surface area contributed by atoms with Crippen molar-refractivity contribution in [2.24, 2.45) is 0 Å². The molecule has 2 aromatic rings. The summed E-state index contributed by atoms with van der Waals surface area (Å²) in [5.41, 5.74) is 1.48. The van der Waals surface area contributed by atoms with Crippen LogP contribution in [-0.2, 0) is 0 Å². The average molecular weight is 346 g/mol. The first-order chi connectivity index (χ1) is 11.5. The molecule has 3 N–H and O–H groups in total. The normalized spacial score (nSPS) is 11.5. The van der Waals surface area contributed by atoms with Gasteiger partial charge in [0, 0.05) is 16.8 Å². The molecule has 5 nitrogen and oxygen atoms in total. The zero-order chi connectivity index (χ0) is 17.5. The third-order valence-corrected chi connectivity index (χ3v) is 3.76. The van der Waals surface area contributed by atoms with Crippen molar-refractivity contribution in [2.45, 2.75) is 26.3 Å². The van der Waals surface area contributed by atoms with Gasteiger partial charge in [-0.15, -0.1) is 0 Å². The highest BCUT2D eigenvalue weighted by atomic mass is 35.5. The van der Waals surface area contributed by atoms with E-state index in [1.807, 2.05) is 13.8 Å². The second-order valence-corrected chi connectivity index (χ2v) is 5.85. The SMILES string of the molecule is CC[C@@H](C)NC(=O)c1ccccc1NC(=O)Nc1ccc(Cl)cc1. The van der Waals surface area contributed by atoms with Crippen molar-refractivity contribution < 1.29 is 9.59 Å². The maximum absolute atomic E-state index is 12.3. The van der Waals surface area contributed by atoms with Gasteiger partial charge in [-0.25, -0.2) is 4.79 Å². The molecule has 2 rings (SSSR count). The number of hydrogen-bond donors (Lipinski definition) is 3. The number of carbonyl (C=O) groups excluding carboxylic acids is 2. The summed E-state index contributed by atoms with van der Waals surface area (Å²) >= 11 is 5.81. The third kappa shape index (κ3) is 4.99. The quantitative estimate of drug-likeness (QED) is 0.746. The van der Waals surface area contributed by atoms with Crippen molar-refractivity contribution >= 4 is 34.9 Å². The van der Waals surface area contributed by atoms with Gasteiger partial charge < -0.3 is 16.0 Å². The van der Waals surface area contributed by atoms with E-state index < -0.39 is 6.03 Å². The fourth-order valence-electron chi connectivity index (χ4n) is 2.01. The Hall–Kier alpha value is -2.53. The maximum Gasteiger partial charge on any atom is 0.323 e. The Balaban J connectivity index is 2.07. The summed E-state index contributed by atoms with van der Waals surface area (Å²) in [4.78, 5) is 24.4. The van der Waals surface area contributed by atoms with E-state index in [0.29, 0.717) is 22.0 Å². The van der Waals surface area contributed by atoms with Crippen LogP contribution in [0.3, 0.4) is 0 Å². The topological polar surface area (TPSA) is 70.2 Å². The van der Waals surface area contributed by atoms with Crippen LogP contribution in [0.2, 0.25) is 5.02 Å². The molecule has 24 heavy (non-hydrogen) atoms. The summed E-state index contributed by atoms with van der Waals surface area (Å²) in [7, 11) is 0. The van der Waals surface area contributed by atoms with Gasteiger partial charge in [0.2, 0.25) is 0 Å². The summed E-state index contributed by atoms with van der Waals surface area (Å²) in [6.07, 6.45) is 0.832. The van der Waals surface area contributed by atoms with E-state index in [-0.39, 0.29) is 11.9 Å². The predicted molar refractivity (Wildman–Crippen MR) is 97.8 cm³/mol. The van der Waals surface area contributed by atoms with E-state index in [4.69, 9.17) is 11.6 Å². The zero-order valence-corrected chi connectivity index (χ0v) is 14.4. The second kappa shape index (κ2) is 8.36. The van der Waals surface area contributed by atoms with Gasteiger partial charge in [0.25, 0.3) is 5.91 Å². The average Bonchev–Trinajstić information content (AvgIpc) is 2.57. The number of para-hydroxylation sites is 1. The van der Waals surface area contributed by atoms with Crippen molar-refractivity contribution in [3.05, 3.63) is 59.1 Å². The van der Waals surface area contributed by atoms with Crippen LogP contribution < -0.4 is 16.0 Å². The van der Waals surface area contributed by atoms with Gasteiger partial charge in [-0.2, -0.15) is 0 Å². The first-order valence-electron chi connectivity index (χ1n) is 7.73. The highest BCUT2D eigenvalue weighted by Crippen LogP contribution is 2.17. The number of anilines is 2. The van der Waals surface area contributed by atoms with Crippen LogP contribution >= 0.6 is 11.6 Å². The Kier molecular flexibility index (Phi) is 6.21. The van der Waals surface area contributed by atoms with Gasteiger partial charge in [-0.05, 0) is 49.7 Å². The summed E-state index contributed by atoms with van der Waals surface area (Å²) < 4.78 is 0. The number of amides is 3. The molecule has 1 atom stereocenters. The summed E-state index contributed by atoms with van der Waals surface area (Å²) in [5.74, 6) is -0.216. The minimum absolute atomic E-state index is 0.0634. The number of rotatable bonds is 5. The van der Waals surface area contributed by atoms with Crippen molar-refractivity contribution in [1.82, 2.24) is 5.32 Å². The lowest BCUT2D eigenvalue weighted by molar-refractivity contribution is 0.0940. The van der Waals surface area contributed by atoms with E-state index in [2.05, 4.69) is 16.0 Å². The van der Waals surface area contributed by atoms with Crippen LogP contribution in [0, 0.1) is 0 Å². The maximum atomic E-state index is 12.3. The van der Waals surface area contributed by atoms with Crippen LogP contribution in [0.25, 0.3) is 0 Å². The Morgan fingerprint density at radius 1 is 1.04 bits per heavy atom. The number of benzene rings is 2. The molecule has 0 aliphatic heterocycles. The molecule has 0 bridgehead atoms. The van der Waals surface area contributed by atoms with Crippen molar-refractivity contribution in [3.8, 4) is 0 Å². The molecular formula is C18H20ClN3O2. The molecule has 6 heteroatoms. The number of hydrogen-bond acceptors (Lipinski definition) is 2. The minimum atomic E-state index is -0.430. The van der Waals surface area contributed by atoms with E-state index in [1.165, 1.54) is 0 Å². The van der Waals surface area contributed by atoms with Crippen LogP contribution in [0.15, 0.2) is 48.5 Å². The predicted octanol–water partition coefficient (Wildman–Crippen LogP) is 4.51. The van der Waals surface area contributed by atoms with Crippen LogP contribution in [-0.4, -0.2) is 18.0 Å². The molecule has 3 amide bonds. The van der Waals surface area contributed by atoms with Gasteiger partial charge in [0.15, 0.2) is 0 Å². The number of carbonyl (C=O) groups is 2. The first-order valence-corrected chi connectivity index (χ1v) is 8.11. The number of urea groups is 1. The van der Waals surface area contributed by atoms with Gasteiger partial charge in [0.05, 0.1) is 11.3 Å². The fraction of sp³-hybridized carbons (Fsp3) is 0.222. The molecule has 0 spiro atoms. The standard InChI is InChI=1S/C18H20ClN3O2/c1-3-12(2)20-17(23)15-6-4-5-7-16(15)22-18(24)21-14-10-8-13(19)9-11-14/h4-12H,3H2,1-2H3,(H,20,23)(H2,21,22,24)/t12-/m1/s1. The molecule has 0 fully saturated rings. The Bertz CT molecular complexity index is 716. The van der Waals surface area contributed by atoms with Gasteiger partial charge in [-0.3, -0.25) is 4.79 Å². The lowest BCUT2D eigenvalue weighted by Crippen LogP contribution is -2.33. The van der Waals surface area contributed by atoms with Gasteiger partial charge in [-0.1, -0.05) is 30.7 Å². The third-order valence-electron chi connectivity index (χ3n) is 3.51. The summed E-state index contributed by atoms with van der Waals surface area (Å²) in [5, 5.41) is 8.88. The fourth-order valence-corrected chi connectivity index (χ4v) is 2.14. The minimum Gasteiger partial charge on any atom is -0.350 e. The number of nitrogens with one attached hydrogen (secondary N) is 3. The van der Waals surface area contributed by atoms with Crippen molar-refractivity contribution in [3.63, 3.8) is 0 Å². The summed E-state index contributed by atoms with van der Waals surface area (Å²) in [6.45, 7) is 3.93. The smallest absolute Gasteiger partial charge is 0.323 e. The van der Waals surface area contributed by atoms with Crippen molar-refractivity contribution in [2.75, 3.05) is 10.6 Å². The zero-order valence-electron chi connectivity index (χ0n) is 13.6. The van der Waals surface area contributed by atoms with Crippen LogP contribution in [0.5, 0.6) is 0 Å². The van der Waals surface area contributed by atoms with E-state index >= 15 is 0 Å². The first kappa shape index (κ1) is 17.8. The van der Waals surface area contributed by atoms with Crippen LogP contribution in [0.1, 0.15) is 30.6 Å². The van der Waals surface area contributed by atoms with Gasteiger partial charge >= 0.3 is 6.03 Å². The lowest BCUT2D eigenvalue weighted by Gasteiger charge is -2.15. The molecule has 0 unspecified atom stereocenters.